The van der Waals surface area contributed by atoms with E-state index in [-0.39, 0.29) is 29.2 Å². The van der Waals surface area contributed by atoms with Gasteiger partial charge < -0.3 is 14.3 Å². The maximum atomic E-state index is 13.7. The molecule has 5 rings (SSSR count). The highest BCUT2D eigenvalue weighted by atomic mass is 35.5. The molecule has 3 aliphatic heterocycles. The Morgan fingerprint density at radius 3 is 2.51 bits per heavy atom. The molecule has 1 unspecified atom stereocenters. The maximum Gasteiger partial charge on any atom is 0.276 e. The summed E-state index contributed by atoms with van der Waals surface area (Å²) in [5.74, 6) is 0.516. The minimum atomic E-state index is -3.73. The minimum Gasteiger partial charge on any atom is -0.360 e. The largest absolute Gasteiger partial charge is 0.360 e. The van der Waals surface area contributed by atoms with Gasteiger partial charge in [-0.2, -0.15) is 4.31 Å². The number of benzene rings is 1. The fraction of sp³-hybridized carbons (Fsp3) is 0.607. The molecule has 0 saturated carbocycles. The van der Waals surface area contributed by atoms with Crippen molar-refractivity contribution in [2.45, 2.75) is 89.1 Å². The molecule has 0 radical (unpaired) electrons. The lowest BCUT2D eigenvalue weighted by molar-refractivity contribution is -0.132. The second-order valence-corrected chi connectivity index (χ2v) is 13.3. The third-order valence-corrected chi connectivity index (χ3v) is 10.8. The Balaban J connectivity index is 1.26. The average molecular weight is 577 g/mol. The quantitative estimate of drug-likeness (QED) is 0.502. The van der Waals surface area contributed by atoms with Gasteiger partial charge >= 0.3 is 0 Å². The van der Waals surface area contributed by atoms with Crippen LogP contribution < -0.4 is 0 Å². The Morgan fingerprint density at radius 2 is 1.74 bits per heavy atom. The molecule has 1 aromatic heterocycles. The summed E-state index contributed by atoms with van der Waals surface area (Å²) in [6.45, 7) is 6.24. The highest BCUT2D eigenvalue weighted by Crippen LogP contribution is 2.32. The molecule has 11 heteroatoms. The summed E-state index contributed by atoms with van der Waals surface area (Å²) in [7, 11) is -3.73. The molecule has 212 valence electrons. The molecule has 2 saturated heterocycles. The lowest BCUT2D eigenvalue weighted by Gasteiger charge is -2.35. The first kappa shape index (κ1) is 28.1. The Hall–Kier alpha value is -2.43. The van der Waals surface area contributed by atoms with E-state index in [1.54, 1.807) is 35.2 Å². The van der Waals surface area contributed by atoms with Gasteiger partial charge in [0.1, 0.15) is 5.76 Å². The molecule has 2 amide bonds. The monoisotopic (exact) mass is 576 g/mol. The van der Waals surface area contributed by atoms with E-state index in [4.69, 9.17) is 16.1 Å². The van der Waals surface area contributed by atoms with E-state index in [9.17, 15) is 18.0 Å². The van der Waals surface area contributed by atoms with Crippen molar-refractivity contribution in [3.05, 3.63) is 45.3 Å². The van der Waals surface area contributed by atoms with Crippen molar-refractivity contribution >= 4 is 33.4 Å². The van der Waals surface area contributed by atoms with Gasteiger partial charge in [-0.05, 0) is 75.6 Å². The summed E-state index contributed by atoms with van der Waals surface area (Å²) in [4.78, 5) is 30.3. The van der Waals surface area contributed by atoms with Crippen LogP contribution in [0.2, 0.25) is 5.02 Å². The molecule has 39 heavy (non-hydrogen) atoms. The average Bonchev–Trinajstić information content (AvgIpc) is 3.37. The molecule has 0 bridgehead atoms. The number of fused-ring (bicyclic) bond motifs is 1. The van der Waals surface area contributed by atoms with Crippen LogP contribution >= 0.6 is 11.6 Å². The molecule has 1 aromatic carbocycles. The number of halogens is 1. The van der Waals surface area contributed by atoms with Crippen molar-refractivity contribution < 1.29 is 22.5 Å². The standard InChI is InChI=1S/C28H37ClN4O5S/c1-19-17-25(20(2)16-23(19)29)39(36,37)33-14-7-4-8-21(33)9-10-26(34)32-15-11-24-22(18-32)27(30-38-24)28(35)31-12-5-3-6-13-31/h16-17,21H,3-15,18H2,1-2H3. The molecule has 2 aromatic rings. The highest BCUT2D eigenvalue weighted by Gasteiger charge is 2.36. The number of carbonyl (C=O) groups excluding carboxylic acids is 2. The van der Waals surface area contributed by atoms with Gasteiger partial charge in [0.15, 0.2) is 5.69 Å². The topological polar surface area (TPSA) is 104 Å². The predicted molar refractivity (Wildman–Crippen MR) is 147 cm³/mol. The summed E-state index contributed by atoms with van der Waals surface area (Å²) in [6, 6.07) is 3.11. The second-order valence-electron chi connectivity index (χ2n) is 11.0. The summed E-state index contributed by atoms with van der Waals surface area (Å²) in [5, 5.41) is 4.63. The van der Waals surface area contributed by atoms with Crippen LogP contribution in [0.4, 0.5) is 0 Å². The van der Waals surface area contributed by atoms with E-state index in [0.717, 1.165) is 57.2 Å². The Morgan fingerprint density at radius 1 is 1.00 bits per heavy atom. The van der Waals surface area contributed by atoms with E-state index in [1.807, 2.05) is 4.90 Å². The Bertz CT molecular complexity index is 1350. The van der Waals surface area contributed by atoms with Crippen LogP contribution in [0.15, 0.2) is 21.6 Å². The Kier molecular flexibility index (Phi) is 8.35. The van der Waals surface area contributed by atoms with Gasteiger partial charge in [-0.25, -0.2) is 8.42 Å². The minimum absolute atomic E-state index is 0.0420. The number of nitrogens with zero attached hydrogens (tertiary/aromatic N) is 4. The molecule has 0 aliphatic carbocycles. The SMILES string of the molecule is Cc1cc(S(=O)(=O)N2CCCCC2CCC(=O)N2CCc3onc(C(=O)N4CCCCC4)c3C2)c(C)cc1Cl. The molecular weight excluding hydrogens is 540 g/mol. The van der Waals surface area contributed by atoms with E-state index in [1.165, 1.54) is 0 Å². The smallest absolute Gasteiger partial charge is 0.276 e. The number of sulfonamides is 1. The highest BCUT2D eigenvalue weighted by molar-refractivity contribution is 7.89. The molecule has 0 spiro atoms. The van der Waals surface area contributed by atoms with Gasteiger partial charge in [-0.1, -0.05) is 23.2 Å². The van der Waals surface area contributed by atoms with Crippen molar-refractivity contribution in [2.75, 3.05) is 26.2 Å². The summed E-state index contributed by atoms with van der Waals surface area (Å²) in [6.07, 6.45) is 6.76. The predicted octanol–water partition coefficient (Wildman–Crippen LogP) is 4.48. The zero-order valence-corrected chi connectivity index (χ0v) is 24.3. The van der Waals surface area contributed by atoms with Gasteiger partial charge in [0.05, 0.1) is 11.4 Å². The number of hydrogen-bond donors (Lipinski definition) is 0. The number of amides is 2. The fourth-order valence-corrected chi connectivity index (χ4v) is 8.26. The first-order chi connectivity index (χ1) is 18.7. The van der Waals surface area contributed by atoms with Crippen LogP contribution in [0.5, 0.6) is 0 Å². The van der Waals surface area contributed by atoms with Gasteiger partial charge in [-0.3, -0.25) is 9.59 Å². The van der Waals surface area contributed by atoms with Crippen molar-refractivity contribution in [1.29, 1.82) is 0 Å². The van der Waals surface area contributed by atoms with Gasteiger partial charge in [0.25, 0.3) is 5.91 Å². The lowest BCUT2D eigenvalue weighted by Crippen LogP contribution is -2.44. The number of aromatic nitrogens is 1. The number of carbonyl (C=O) groups is 2. The second kappa shape index (κ2) is 11.6. The van der Waals surface area contributed by atoms with Crippen LogP contribution in [0.1, 0.15) is 84.3 Å². The third-order valence-electron chi connectivity index (χ3n) is 8.33. The van der Waals surface area contributed by atoms with E-state index < -0.39 is 10.0 Å². The first-order valence-corrected chi connectivity index (χ1v) is 15.8. The van der Waals surface area contributed by atoms with Crippen LogP contribution in [-0.4, -0.2) is 71.7 Å². The summed E-state index contributed by atoms with van der Waals surface area (Å²) >= 11 is 6.22. The van der Waals surface area contributed by atoms with E-state index in [0.29, 0.717) is 60.1 Å². The van der Waals surface area contributed by atoms with Gasteiger partial charge in [0, 0.05) is 55.6 Å². The maximum absolute atomic E-state index is 13.7. The molecule has 2 fully saturated rings. The molecule has 1 atom stereocenters. The number of aryl methyl sites for hydroxylation is 2. The van der Waals surface area contributed by atoms with Crippen LogP contribution in [0, 0.1) is 13.8 Å². The Labute approximate surface area is 235 Å². The first-order valence-electron chi connectivity index (χ1n) is 14.0. The number of piperidine rings is 2. The summed E-state index contributed by atoms with van der Waals surface area (Å²) in [5.41, 5.74) is 2.38. The number of hydrogen-bond acceptors (Lipinski definition) is 6. The van der Waals surface area contributed by atoms with Gasteiger partial charge in [0.2, 0.25) is 15.9 Å². The molecule has 4 heterocycles. The van der Waals surface area contributed by atoms with E-state index >= 15 is 0 Å². The van der Waals surface area contributed by atoms with Crippen molar-refractivity contribution in [3.63, 3.8) is 0 Å². The van der Waals surface area contributed by atoms with Crippen molar-refractivity contribution in [1.82, 2.24) is 19.3 Å². The normalized spacial score (nSPS) is 20.6. The van der Waals surface area contributed by atoms with Crippen LogP contribution in [0.25, 0.3) is 0 Å². The molecule has 0 N–H and O–H groups in total. The number of likely N-dealkylation sites (tertiary alicyclic amines) is 1. The molecular formula is C28H37ClN4O5S. The van der Waals surface area contributed by atoms with E-state index in [2.05, 4.69) is 5.16 Å². The molecule has 3 aliphatic rings. The van der Waals surface area contributed by atoms with Gasteiger partial charge in [-0.15, -0.1) is 0 Å². The van der Waals surface area contributed by atoms with Crippen molar-refractivity contribution in [3.8, 4) is 0 Å². The fourth-order valence-electron chi connectivity index (χ4n) is 6.02. The van der Waals surface area contributed by atoms with Crippen LogP contribution in [-0.2, 0) is 27.8 Å². The summed E-state index contributed by atoms with van der Waals surface area (Å²) < 4.78 is 34.5. The molecule has 9 nitrogen and oxygen atoms in total. The number of rotatable bonds is 6. The van der Waals surface area contributed by atoms with Crippen LogP contribution in [0.3, 0.4) is 0 Å². The zero-order chi connectivity index (χ0) is 27.7. The van der Waals surface area contributed by atoms with Crippen molar-refractivity contribution in [2.24, 2.45) is 0 Å². The zero-order valence-electron chi connectivity index (χ0n) is 22.7. The lowest BCUT2D eigenvalue weighted by atomic mass is 9.99. The third kappa shape index (κ3) is 5.74.